The Bertz CT molecular complexity index is 370. The number of hydrogen-bond acceptors (Lipinski definition) is 1. The molecule has 0 spiro atoms. The molecule has 2 heteroatoms. The molecule has 0 radical (unpaired) electrons. The van der Waals surface area contributed by atoms with E-state index in [1.165, 1.54) is 24.8 Å². The predicted molar refractivity (Wildman–Crippen MR) is 101 cm³/mol. The average Bonchev–Trinajstić information content (AvgIpc) is 2.53. The van der Waals surface area contributed by atoms with Crippen LogP contribution in [-0.2, 0) is 4.79 Å². The Morgan fingerprint density at radius 3 is 2.14 bits per heavy atom. The van der Waals surface area contributed by atoms with Crippen LogP contribution in [0.25, 0.3) is 0 Å². The molecule has 2 unspecified atom stereocenters. The number of Topliss-reactive ketones (excluding diaryl/α,β-unsaturated/α-hetero) is 1. The number of carbonyl (C=O) groups excluding carboxylic acids is 1. The molecule has 0 N–H and O–H groups in total. The fourth-order valence-corrected chi connectivity index (χ4v) is 2.27. The zero-order valence-corrected chi connectivity index (χ0v) is 16.3. The lowest BCUT2D eigenvalue weighted by atomic mass is 9.87. The Morgan fingerprint density at radius 2 is 1.77 bits per heavy atom. The van der Waals surface area contributed by atoms with E-state index in [2.05, 4.69) is 20.8 Å². The summed E-state index contributed by atoms with van der Waals surface area (Å²) in [6.45, 7) is 14.4. The molecule has 0 amide bonds. The highest BCUT2D eigenvalue weighted by atomic mass is 35.5. The number of halogens is 1. The van der Waals surface area contributed by atoms with Gasteiger partial charge in [0.25, 0.3) is 0 Å². The maximum atomic E-state index is 11.3. The summed E-state index contributed by atoms with van der Waals surface area (Å²) >= 11 is 5.64. The van der Waals surface area contributed by atoms with Crippen molar-refractivity contribution in [2.45, 2.75) is 74.1 Å². The van der Waals surface area contributed by atoms with Crippen LogP contribution >= 0.6 is 11.6 Å². The van der Waals surface area contributed by atoms with Crippen molar-refractivity contribution in [3.05, 3.63) is 34.9 Å². The van der Waals surface area contributed by atoms with Crippen molar-refractivity contribution in [1.82, 2.24) is 0 Å². The summed E-state index contributed by atoms with van der Waals surface area (Å²) in [5, 5.41) is 0.810. The van der Waals surface area contributed by atoms with Crippen molar-refractivity contribution >= 4 is 17.4 Å². The molecule has 1 rings (SSSR count). The van der Waals surface area contributed by atoms with Crippen LogP contribution in [0.2, 0.25) is 5.02 Å². The van der Waals surface area contributed by atoms with E-state index in [-0.39, 0.29) is 5.92 Å². The summed E-state index contributed by atoms with van der Waals surface area (Å²) in [4.78, 5) is 11.3. The minimum absolute atomic E-state index is 0.265. The third-order valence-corrected chi connectivity index (χ3v) is 3.94. The lowest BCUT2D eigenvalue weighted by Gasteiger charge is -2.17. The van der Waals surface area contributed by atoms with Crippen LogP contribution in [0.4, 0.5) is 0 Å². The summed E-state index contributed by atoms with van der Waals surface area (Å²) in [5.74, 6) is 1.25. The summed E-state index contributed by atoms with van der Waals surface area (Å²) in [6.07, 6.45) is 4.38. The quantitative estimate of drug-likeness (QED) is 0.544. The topological polar surface area (TPSA) is 17.1 Å². The molecule has 2 atom stereocenters. The predicted octanol–water partition coefficient (Wildman–Crippen LogP) is 7.10. The number of benzene rings is 1. The zero-order chi connectivity index (χ0) is 17.5. The van der Waals surface area contributed by atoms with E-state index < -0.39 is 0 Å². The molecular weight excluding hydrogens is 292 g/mol. The second-order valence-corrected chi connectivity index (χ2v) is 5.96. The van der Waals surface area contributed by atoms with Crippen LogP contribution in [0.5, 0.6) is 0 Å². The van der Waals surface area contributed by atoms with E-state index in [4.69, 9.17) is 11.6 Å². The normalized spacial score (nSPS) is 12.2. The third kappa shape index (κ3) is 11.8. The van der Waals surface area contributed by atoms with E-state index in [1.54, 1.807) is 0 Å². The van der Waals surface area contributed by atoms with Gasteiger partial charge >= 0.3 is 0 Å². The van der Waals surface area contributed by atoms with Gasteiger partial charge in [0.05, 0.1) is 0 Å². The molecule has 0 aliphatic rings. The van der Waals surface area contributed by atoms with Gasteiger partial charge in [0.1, 0.15) is 5.78 Å². The van der Waals surface area contributed by atoms with E-state index in [9.17, 15) is 4.79 Å². The molecule has 0 fully saturated rings. The number of carbonyl (C=O) groups is 1. The van der Waals surface area contributed by atoms with Gasteiger partial charge in [-0.2, -0.15) is 0 Å². The molecule has 0 bridgehead atoms. The minimum atomic E-state index is 0.265. The number of aryl methyl sites for hydroxylation is 1. The van der Waals surface area contributed by atoms with Gasteiger partial charge in [0, 0.05) is 17.4 Å². The van der Waals surface area contributed by atoms with Gasteiger partial charge in [-0.15, -0.1) is 0 Å². The van der Waals surface area contributed by atoms with E-state index in [1.807, 2.05) is 52.0 Å². The number of rotatable bonds is 6. The average molecular weight is 327 g/mol. The molecule has 0 saturated heterocycles. The van der Waals surface area contributed by atoms with Crippen LogP contribution in [-0.4, -0.2) is 5.78 Å². The smallest absolute Gasteiger partial charge is 0.135 e. The van der Waals surface area contributed by atoms with Crippen LogP contribution in [0.3, 0.4) is 0 Å². The molecule has 1 aromatic rings. The number of ketones is 1. The van der Waals surface area contributed by atoms with Crippen molar-refractivity contribution in [2.24, 2.45) is 11.8 Å². The Balaban J connectivity index is 0. The molecule has 1 aromatic carbocycles. The van der Waals surface area contributed by atoms with Gasteiger partial charge in [-0.3, -0.25) is 4.79 Å². The van der Waals surface area contributed by atoms with E-state index in [0.717, 1.165) is 5.02 Å². The minimum Gasteiger partial charge on any atom is -0.299 e. The fraction of sp³-hybridized carbons (Fsp3) is 0.650. The summed E-state index contributed by atoms with van der Waals surface area (Å²) in [7, 11) is 0. The fourth-order valence-electron chi connectivity index (χ4n) is 2.02. The Hall–Kier alpha value is -0.820. The van der Waals surface area contributed by atoms with Gasteiger partial charge in [-0.05, 0) is 30.5 Å². The highest BCUT2D eigenvalue weighted by molar-refractivity contribution is 6.30. The third-order valence-electron chi connectivity index (χ3n) is 3.70. The van der Waals surface area contributed by atoms with Crippen LogP contribution < -0.4 is 0 Å². The molecule has 0 aliphatic carbocycles. The highest BCUT2D eigenvalue weighted by Crippen LogP contribution is 2.19. The van der Waals surface area contributed by atoms with Gasteiger partial charge in [-0.1, -0.05) is 84.5 Å². The Labute approximate surface area is 143 Å². The van der Waals surface area contributed by atoms with Crippen molar-refractivity contribution in [1.29, 1.82) is 0 Å². The maximum absolute atomic E-state index is 11.3. The molecule has 0 saturated carbocycles. The second-order valence-electron chi connectivity index (χ2n) is 5.53. The van der Waals surface area contributed by atoms with E-state index >= 15 is 0 Å². The van der Waals surface area contributed by atoms with Gasteiger partial charge in [-0.25, -0.2) is 0 Å². The van der Waals surface area contributed by atoms with Gasteiger partial charge in [0.2, 0.25) is 0 Å². The molecule has 128 valence electrons. The van der Waals surface area contributed by atoms with Crippen molar-refractivity contribution in [3.8, 4) is 0 Å². The molecule has 0 heterocycles. The maximum Gasteiger partial charge on any atom is 0.135 e. The van der Waals surface area contributed by atoms with Crippen LogP contribution in [0.1, 0.15) is 72.8 Å². The second kappa shape index (κ2) is 15.1. The molecular formula is C20H35ClO. The number of unbranched alkanes of at least 4 members (excludes halogenated alkanes) is 1. The van der Waals surface area contributed by atoms with E-state index in [0.29, 0.717) is 18.1 Å². The molecule has 0 aliphatic heterocycles. The van der Waals surface area contributed by atoms with Crippen molar-refractivity contribution < 1.29 is 4.79 Å². The molecule has 22 heavy (non-hydrogen) atoms. The van der Waals surface area contributed by atoms with Crippen LogP contribution in [0.15, 0.2) is 24.3 Å². The van der Waals surface area contributed by atoms with Crippen LogP contribution in [0, 0.1) is 18.8 Å². The molecule has 1 nitrogen and oxygen atoms in total. The summed E-state index contributed by atoms with van der Waals surface area (Å²) in [6, 6.07) is 7.76. The SMILES string of the molecule is CC.CCCCC(C)C(C)C(=O)CC.Cc1cccc(Cl)c1. The Kier molecular flexibility index (Phi) is 16.1. The zero-order valence-electron chi connectivity index (χ0n) is 15.6. The highest BCUT2D eigenvalue weighted by Gasteiger charge is 2.17. The standard InChI is InChI=1S/C11H22O.C7H7Cl.C2H6/c1-5-7-8-9(3)10(4)11(12)6-2;1-6-3-2-4-7(8)5-6;1-2/h9-10H,5-8H2,1-4H3;2-5H,1H3;1-2H3. The van der Waals surface area contributed by atoms with Crippen molar-refractivity contribution in [2.75, 3.05) is 0 Å². The first-order valence-electron chi connectivity index (χ1n) is 8.67. The first-order chi connectivity index (χ1) is 10.4. The summed E-state index contributed by atoms with van der Waals surface area (Å²) in [5.41, 5.74) is 1.21. The molecule has 0 aromatic heterocycles. The van der Waals surface area contributed by atoms with Gasteiger partial charge in [0.15, 0.2) is 0 Å². The van der Waals surface area contributed by atoms with Gasteiger partial charge < -0.3 is 0 Å². The first-order valence-corrected chi connectivity index (χ1v) is 9.05. The lowest BCUT2D eigenvalue weighted by Crippen LogP contribution is -2.17. The largest absolute Gasteiger partial charge is 0.299 e. The lowest BCUT2D eigenvalue weighted by molar-refractivity contribution is -0.123. The van der Waals surface area contributed by atoms with Crippen molar-refractivity contribution in [3.63, 3.8) is 0 Å². The monoisotopic (exact) mass is 326 g/mol. The first kappa shape index (κ1) is 23.4. The Morgan fingerprint density at radius 1 is 1.18 bits per heavy atom. The summed E-state index contributed by atoms with van der Waals surface area (Å²) < 4.78 is 0. The number of hydrogen-bond donors (Lipinski definition) is 0.